The largest absolute Gasteiger partial charge is 0.325 e. The predicted octanol–water partition coefficient (Wildman–Crippen LogP) is 5.03. The number of aliphatic imine (C=N–C) groups is 1. The molecule has 0 aliphatic carbocycles. The van der Waals surface area contributed by atoms with E-state index in [1.165, 1.54) is 11.1 Å². The van der Waals surface area contributed by atoms with Crippen molar-refractivity contribution in [3.8, 4) is 0 Å². The molecule has 3 aliphatic heterocycles. The van der Waals surface area contributed by atoms with Gasteiger partial charge in [0, 0.05) is 36.0 Å². The molecule has 0 N–H and O–H groups in total. The molecule has 3 heterocycles. The van der Waals surface area contributed by atoms with Gasteiger partial charge in [0.1, 0.15) is 5.84 Å². The molecule has 0 radical (unpaired) electrons. The number of fused-ring (bicyclic) bond motifs is 3. The summed E-state index contributed by atoms with van der Waals surface area (Å²) < 4.78 is 0. The summed E-state index contributed by atoms with van der Waals surface area (Å²) in [5.41, 5.74) is 6.77. The Morgan fingerprint density at radius 2 is 1.62 bits per heavy atom. The third-order valence-corrected chi connectivity index (χ3v) is 7.19. The second kappa shape index (κ2) is 6.32. The Bertz CT molecular complexity index is 1300. The van der Waals surface area contributed by atoms with E-state index in [-0.39, 0.29) is 11.3 Å². The number of amidine groups is 1. The number of anilines is 2. The maximum absolute atomic E-state index is 13.9. The SMILES string of the molecule is CN1C(=O)C2(N=C(c3ccc(C(C)(C)C)cc3)N3CCc4cccc2c43)c2ccccc21. The van der Waals surface area contributed by atoms with Gasteiger partial charge in [0.25, 0.3) is 5.91 Å². The fourth-order valence-electron chi connectivity index (χ4n) is 5.49. The summed E-state index contributed by atoms with van der Waals surface area (Å²) in [6.45, 7) is 7.56. The number of amides is 1. The maximum Gasteiger partial charge on any atom is 0.264 e. The molecule has 0 aromatic heterocycles. The van der Waals surface area contributed by atoms with Crippen LogP contribution in [0.1, 0.15) is 48.6 Å². The molecule has 0 saturated heterocycles. The van der Waals surface area contributed by atoms with E-state index in [0.29, 0.717) is 0 Å². The molecule has 3 aromatic carbocycles. The van der Waals surface area contributed by atoms with Crippen molar-refractivity contribution in [2.75, 3.05) is 23.4 Å². The minimum Gasteiger partial charge on any atom is -0.325 e. The van der Waals surface area contributed by atoms with Gasteiger partial charge in [-0.3, -0.25) is 4.79 Å². The van der Waals surface area contributed by atoms with Gasteiger partial charge in [-0.05, 0) is 29.0 Å². The smallest absolute Gasteiger partial charge is 0.264 e. The first-order valence-corrected chi connectivity index (χ1v) is 11.3. The predicted molar refractivity (Wildman–Crippen MR) is 130 cm³/mol. The summed E-state index contributed by atoms with van der Waals surface area (Å²) in [6.07, 6.45) is 0.962. The van der Waals surface area contributed by atoms with E-state index in [2.05, 4.69) is 74.2 Å². The van der Waals surface area contributed by atoms with Gasteiger partial charge < -0.3 is 9.80 Å². The van der Waals surface area contributed by atoms with Crippen molar-refractivity contribution in [3.05, 3.63) is 94.5 Å². The van der Waals surface area contributed by atoms with Crippen molar-refractivity contribution in [3.63, 3.8) is 0 Å². The highest BCUT2D eigenvalue weighted by Gasteiger charge is 2.56. The quantitative estimate of drug-likeness (QED) is 0.553. The van der Waals surface area contributed by atoms with Gasteiger partial charge in [-0.15, -0.1) is 0 Å². The number of para-hydroxylation sites is 2. The van der Waals surface area contributed by atoms with Crippen LogP contribution in [0.15, 0.2) is 71.7 Å². The monoisotopic (exact) mass is 421 g/mol. The summed E-state index contributed by atoms with van der Waals surface area (Å²) >= 11 is 0. The van der Waals surface area contributed by atoms with Crippen molar-refractivity contribution in [2.45, 2.75) is 38.1 Å². The molecule has 1 atom stereocenters. The normalized spacial score (nSPS) is 21.1. The molecule has 1 spiro atoms. The lowest BCUT2D eigenvalue weighted by molar-refractivity contribution is -0.121. The molecule has 32 heavy (non-hydrogen) atoms. The summed E-state index contributed by atoms with van der Waals surface area (Å²) in [5, 5.41) is 0. The summed E-state index contributed by atoms with van der Waals surface area (Å²) in [5.74, 6) is 0.906. The van der Waals surface area contributed by atoms with Crippen molar-refractivity contribution in [1.29, 1.82) is 0 Å². The van der Waals surface area contributed by atoms with Crippen LogP contribution in [0.2, 0.25) is 0 Å². The Kier molecular flexibility index (Phi) is 3.81. The molecule has 0 saturated carbocycles. The highest BCUT2D eigenvalue weighted by molar-refractivity contribution is 6.19. The Balaban J connectivity index is 1.63. The second-order valence-corrected chi connectivity index (χ2v) is 10.1. The minimum atomic E-state index is -1.03. The number of benzene rings is 3. The maximum atomic E-state index is 13.9. The first kappa shape index (κ1) is 19.3. The van der Waals surface area contributed by atoms with E-state index in [0.717, 1.165) is 46.9 Å². The molecular weight excluding hydrogens is 394 g/mol. The highest BCUT2D eigenvalue weighted by atomic mass is 16.2. The molecule has 1 amide bonds. The molecule has 6 rings (SSSR count). The van der Waals surface area contributed by atoms with Crippen molar-refractivity contribution >= 4 is 23.1 Å². The van der Waals surface area contributed by atoms with E-state index < -0.39 is 5.54 Å². The van der Waals surface area contributed by atoms with Gasteiger partial charge in [0.05, 0.1) is 5.69 Å². The molecular formula is C28H27N3O. The third-order valence-electron chi connectivity index (χ3n) is 7.19. The summed E-state index contributed by atoms with van der Waals surface area (Å²) in [7, 11) is 1.86. The first-order valence-electron chi connectivity index (χ1n) is 11.3. The van der Waals surface area contributed by atoms with Gasteiger partial charge in [-0.1, -0.05) is 81.4 Å². The van der Waals surface area contributed by atoms with Crippen molar-refractivity contribution in [2.24, 2.45) is 4.99 Å². The number of likely N-dealkylation sites (N-methyl/N-ethyl adjacent to an activating group) is 1. The molecule has 160 valence electrons. The van der Waals surface area contributed by atoms with Crippen molar-refractivity contribution < 1.29 is 4.79 Å². The Labute approximate surface area is 189 Å². The zero-order chi connectivity index (χ0) is 22.3. The van der Waals surface area contributed by atoms with Gasteiger partial charge in [0.15, 0.2) is 5.54 Å². The van der Waals surface area contributed by atoms with Crippen LogP contribution < -0.4 is 9.80 Å². The fraction of sp³-hybridized carbons (Fsp3) is 0.286. The topological polar surface area (TPSA) is 35.9 Å². The molecule has 4 nitrogen and oxygen atoms in total. The van der Waals surface area contributed by atoms with Crippen LogP contribution in [0.3, 0.4) is 0 Å². The van der Waals surface area contributed by atoms with Gasteiger partial charge in [-0.25, -0.2) is 4.99 Å². The van der Waals surface area contributed by atoms with E-state index in [1.807, 2.05) is 25.2 Å². The molecule has 4 heteroatoms. The van der Waals surface area contributed by atoms with Crippen LogP contribution in [0.5, 0.6) is 0 Å². The van der Waals surface area contributed by atoms with E-state index in [1.54, 1.807) is 4.90 Å². The third kappa shape index (κ3) is 2.38. The lowest BCUT2D eigenvalue weighted by Gasteiger charge is -2.37. The van der Waals surface area contributed by atoms with Gasteiger partial charge >= 0.3 is 0 Å². The van der Waals surface area contributed by atoms with Gasteiger partial charge in [0.2, 0.25) is 0 Å². The molecule has 0 fully saturated rings. The van der Waals surface area contributed by atoms with Crippen molar-refractivity contribution in [1.82, 2.24) is 0 Å². The zero-order valence-electron chi connectivity index (χ0n) is 19.0. The lowest BCUT2D eigenvalue weighted by atomic mass is 9.81. The summed E-state index contributed by atoms with van der Waals surface area (Å²) in [6, 6.07) is 23.1. The van der Waals surface area contributed by atoms with Crippen LogP contribution >= 0.6 is 0 Å². The van der Waals surface area contributed by atoms with Crippen LogP contribution in [0, 0.1) is 0 Å². The van der Waals surface area contributed by atoms with Crippen LogP contribution in [-0.2, 0) is 22.2 Å². The number of hydrogen-bond acceptors (Lipinski definition) is 3. The standard InChI is InChI=1S/C28H27N3O/c1-27(2,3)20-14-12-19(13-15-20)25-29-28(21-9-5-6-11-23(21)30(4)26(28)32)22-10-7-8-18-16-17-31(25)24(18)22/h5-15H,16-17H2,1-4H3. The molecule has 0 bridgehead atoms. The van der Waals surface area contributed by atoms with E-state index in [4.69, 9.17) is 4.99 Å². The molecule has 3 aliphatic rings. The van der Waals surface area contributed by atoms with E-state index >= 15 is 0 Å². The number of nitrogens with zero attached hydrogens (tertiary/aromatic N) is 3. The second-order valence-electron chi connectivity index (χ2n) is 10.1. The summed E-state index contributed by atoms with van der Waals surface area (Å²) in [4.78, 5) is 23.3. The van der Waals surface area contributed by atoms with Crippen LogP contribution in [0.4, 0.5) is 11.4 Å². The first-order chi connectivity index (χ1) is 15.3. The Morgan fingerprint density at radius 3 is 2.38 bits per heavy atom. The highest BCUT2D eigenvalue weighted by Crippen LogP contribution is 2.53. The Hall–Kier alpha value is -3.40. The molecule has 3 aromatic rings. The number of hydrogen-bond donors (Lipinski definition) is 0. The number of rotatable bonds is 1. The van der Waals surface area contributed by atoms with Crippen LogP contribution in [0.25, 0.3) is 0 Å². The van der Waals surface area contributed by atoms with Gasteiger partial charge in [-0.2, -0.15) is 0 Å². The average Bonchev–Trinajstić information content (AvgIpc) is 3.31. The Morgan fingerprint density at radius 1 is 0.906 bits per heavy atom. The lowest BCUT2D eigenvalue weighted by Crippen LogP contribution is -2.46. The minimum absolute atomic E-state index is 0.0162. The van der Waals surface area contributed by atoms with Crippen LogP contribution in [-0.4, -0.2) is 25.3 Å². The molecule has 1 unspecified atom stereocenters. The zero-order valence-corrected chi connectivity index (χ0v) is 19.0. The van der Waals surface area contributed by atoms with E-state index in [9.17, 15) is 4.79 Å². The fourth-order valence-corrected chi connectivity index (χ4v) is 5.49. The number of carbonyl (C=O) groups excluding carboxylic acids is 1. The number of carbonyl (C=O) groups is 1. The average molecular weight is 422 g/mol.